The Morgan fingerprint density at radius 2 is 1.83 bits per heavy atom. The first-order chi connectivity index (χ1) is 14.0. The zero-order valence-electron chi connectivity index (χ0n) is 15.6. The van der Waals surface area contributed by atoms with Gasteiger partial charge in [0.05, 0.1) is 6.04 Å². The van der Waals surface area contributed by atoms with Gasteiger partial charge in [0.15, 0.2) is 11.5 Å². The fourth-order valence-electron chi connectivity index (χ4n) is 4.01. The Balaban J connectivity index is 1.74. The van der Waals surface area contributed by atoms with Crippen molar-refractivity contribution in [1.82, 2.24) is 4.98 Å². The number of rotatable bonds is 2. The molecule has 6 heteroatoms. The third-order valence-electron chi connectivity index (χ3n) is 5.27. The molecule has 0 fully saturated rings. The monoisotopic (exact) mass is 386 g/mol. The Morgan fingerprint density at radius 1 is 1.03 bits per heavy atom. The smallest absolute Gasteiger partial charge is 0.173 e. The minimum atomic E-state index is -0.240. The first-order valence-electron chi connectivity index (χ1n) is 9.17. The largest absolute Gasteiger partial charge is 0.508 e. The lowest BCUT2D eigenvalue weighted by Gasteiger charge is -2.23. The van der Waals surface area contributed by atoms with Crippen LogP contribution in [0.1, 0.15) is 22.9 Å². The molecule has 0 saturated heterocycles. The lowest BCUT2D eigenvalue weighted by atomic mass is 9.96. The maximum absolute atomic E-state index is 10.7. The number of aromatic nitrogens is 1. The highest BCUT2D eigenvalue weighted by atomic mass is 16.4. The van der Waals surface area contributed by atoms with E-state index in [4.69, 9.17) is 4.42 Å². The predicted octanol–water partition coefficient (Wildman–Crippen LogP) is 4.68. The third-order valence-corrected chi connectivity index (χ3v) is 5.27. The Kier molecular flexibility index (Phi) is 3.74. The van der Waals surface area contributed by atoms with Gasteiger partial charge in [-0.2, -0.15) is 0 Å². The molecule has 29 heavy (non-hydrogen) atoms. The summed E-state index contributed by atoms with van der Waals surface area (Å²) in [6.45, 7) is 0. The van der Waals surface area contributed by atoms with Crippen molar-refractivity contribution in [3.05, 3.63) is 77.7 Å². The molecule has 4 aromatic rings. The number of furan rings is 1. The van der Waals surface area contributed by atoms with Gasteiger partial charge in [0.1, 0.15) is 28.3 Å². The molecule has 0 radical (unpaired) electrons. The molecule has 0 amide bonds. The van der Waals surface area contributed by atoms with Gasteiger partial charge in [-0.25, -0.2) is 4.98 Å². The van der Waals surface area contributed by atoms with Crippen LogP contribution in [0.3, 0.4) is 0 Å². The first kappa shape index (κ1) is 17.2. The second kappa shape index (κ2) is 6.31. The summed E-state index contributed by atoms with van der Waals surface area (Å²) >= 11 is 0. The number of benzene rings is 2. The van der Waals surface area contributed by atoms with Crippen molar-refractivity contribution in [1.29, 1.82) is 0 Å². The van der Waals surface area contributed by atoms with E-state index in [1.54, 1.807) is 12.3 Å². The molecule has 3 heterocycles. The number of aromatic hydroxyl groups is 3. The zero-order chi connectivity index (χ0) is 20.1. The van der Waals surface area contributed by atoms with E-state index in [0.717, 1.165) is 22.5 Å². The van der Waals surface area contributed by atoms with Gasteiger partial charge in [-0.15, -0.1) is 0 Å². The molecule has 0 aliphatic carbocycles. The number of nitrogens with zero attached hydrogens (tertiary/aromatic N) is 2. The molecule has 144 valence electrons. The maximum Gasteiger partial charge on any atom is 0.173 e. The Morgan fingerprint density at radius 3 is 2.62 bits per heavy atom. The van der Waals surface area contributed by atoms with Crippen LogP contribution in [0.4, 0.5) is 5.82 Å². The highest BCUT2D eigenvalue weighted by Crippen LogP contribution is 2.49. The summed E-state index contributed by atoms with van der Waals surface area (Å²) in [5.74, 6) is 0.499. The molecule has 0 bridgehead atoms. The van der Waals surface area contributed by atoms with E-state index in [2.05, 4.69) is 9.88 Å². The number of hydrogen-bond donors (Lipinski definition) is 3. The average Bonchev–Trinajstić information content (AvgIpc) is 3.17. The lowest BCUT2D eigenvalue weighted by molar-refractivity contribution is 0.449. The Labute approximate surface area is 166 Å². The van der Waals surface area contributed by atoms with Crippen molar-refractivity contribution in [2.75, 3.05) is 11.9 Å². The second-order valence-electron chi connectivity index (χ2n) is 7.05. The fourth-order valence-corrected chi connectivity index (χ4v) is 4.01. The van der Waals surface area contributed by atoms with Crippen LogP contribution in [0.2, 0.25) is 0 Å². The summed E-state index contributed by atoms with van der Waals surface area (Å²) < 4.78 is 5.77. The highest BCUT2D eigenvalue weighted by molar-refractivity contribution is 5.99. The minimum absolute atomic E-state index is 0.115. The Hall–Kier alpha value is -3.93. The van der Waals surface area contributed by atoms with Crippen molar-refractivity contribution in [2.45, 2.75) is 6.04 Å². The molecule has 1 aliphatic rings. The molecule has 6 nitrogen and oxygen atoms in total. The van der Waals surface area contributed by atoms with Crippen LogP contribution in [0.25, 0.3) is 22.6 Å². The molecule has 0 spiro atoms. The van der Waals surface area contributed by atoms with Crippen LogP contribution in [-0.2, 0) is 0 Å². The Bertz CT molecular complexity index is 1260. The van der Waals surface area contributed by atoms with E-state index < -0.39 is 0 Å². The molecule has 2 aromatic heterocycles. The number of hydrogen-bond acceptors (Lipinski definition) is 6. The molecule has 3 N–H and O–H groups in total. The standard InChI is InChI=1S/C23H18N2O4/c1-25-21(13-6-3-2-4-7-13)16(15-8-5-9-24-23(15)25)12-19-22(28)20-17(27)10-14(26)11-18(20)29-19/h2-12,21,26-28H,1H3. The predicted molar refractivity (Wildman–Crippen MR) is 111 cm³/mol. The minimum Gasteiger partial charge on any atom is -0.508 e. The van der Waals surface area contributed by atoms with Crippen LogP contribution in [0.5, 0.6) is 17.2 Å². The van der Waals surface area contributed by atoms with Crippen molar-refractivity contribution in [2.24, 2.45) is 0 Å². The van der Waals surface area contributed by atoms with Crippen LogP contribution < -0.4 is 4.90 Å². The fraction of sp³-hybridized carbons (Fsp3) is 0.0870. The van der Waals surface area contributed by atoms with Crippen LogP contribution in [0, 0.1) is 0 Å². The summed E-state index contributed by atoms with van der Waals surface area (Å²) in [4.78, 5) is 6.60. The number of pyridine rings is 1. The van der Waals surface area contributed by atoms with Gasteiger partial charge in [-0.1, -0.05) is 30.3 Å². The SMILES string of the molecule is CN1c2ncccc2C(=Cc2oc3cc(O)cc(O)c3c2O)C1c1ccccc1. The van der Waals surface area contributed by atoms with Crippen LogP contribution in [-0.4, -0.2) is 27.4 Å². The molecule has 1 unspecified atom stereocenters. The first-order valence-corrected chi connectivity index (χ1v) is 9.17. The summed E-state index contributed by atoms with van der Waals surface area (Å²) in [6.07, 6.45) is 3.52. The molecular weight excluding hydrogens is 368 g/mol. The second-order valence-corrected chi connectivity index (χ2v) is 7.05. The van der Waals surface area contributed by atoms with Gasteiger partial charge in [0.2, 0.25) is 0 Å². The number of fused-ring (bicyclic) bond motifs is 2. The van der Waals surface area contributed by atoms with E-state index in [9.17, 15) is 15.3 Å². The van der Waals surface area contributed by atoms with Gasteiger partial charge in [0, 0.05) is 30.9 Å². The van der Waals surface area contributed by atoms with Gasteiger partial charge >= 0.3 is 0 Å². The molecule has 1 atom stereocenters. The highest BCUT2D eigenvalue weighted by Gasteiger charge is 2.34. The molecular formula is C23H18N2O4. The van der Waals surface area contributed by atoms with Crippen LogP contribution in [0.15, 0.2) is 65.2 Å². The number of phenolic OH excluding ortho intramolecular Hbond substituents is 2. The number of anilines is 1. The van der Waals surface area contributed by atoms with Crippen molar-refractivity contribution >= 4 is 28.4 Å². The van der Waals surface area contributed by atoms with Gasteiger partial charge in [-0.05, 0) is 29.3 Å². The van der Waals surface area contributed by atoms with E-state index in [1.807, 2.05) is 49.5 Å². The number of phenols is 2. The van der Waals surface area contributed by atoms with E-state index in [1.165, 1.54) is 12.1 Å². The van der Waals surface area contributed by atoms with E-state index in [-0.39, 0.29) is 40.0 Å². The summed E-state index contributed by atoms with van der Waals surface area (Å²) in [7, 11) is 1.98. The molecule has 2 aromatic carbocycles. The van der Waals surface area contributed by atoms with Gasteiger partial charge < -0.3 is 24.6 Å². The lowest BCUT2D eigenvalue weighted by Crippen LogP contribution is -2.19. The average molecular weight is 386 g/mol. The van der Waals surface area contributed by atoms with Crippen molar-refractivity contribution in [3.63, 3.8) is 0 Å². The van der Waals surface area contributed by atoms with Crippen molar-refractivity contribution in [3.8, 4) is 17.2 Å². The summed E-state index contributed by atoms with van der Waals surface area (Å²) in [5, 5.41) is 30.7. The normalized spacial score (nSPS) is 17.2. The van der Waals surface area contributed by atoms with Crippen molar-refractivity contribution < 1.29 is 19.7 Å². The van der Waals surface area contributed by atoms with Gasteiger partial charge in [0.25, 0.3) is 0 Å². The molecule has 5 rings (SSSR count). The zero-order valence-corrected chi connectivity index (χ0v) is 15.6. The summed E-state index contributed by atoms with van der Waals surface area (Å²) in [6, 6.07) is 16.3. The third kappa shape index (κ3) is 2.61. The topological polar surface area (TPSA) is 90.0 Å². The molecule has 0 saturated carbocycles. The van der Waals surface area contributed by atoms with Gasteiger partial charge in [-0.3, -0.25) is 0 Å². The molecule has 1 aliphatic heterocycles. The van der Waals surface area contributed by atoms with E-state index >= 15 is 0 Å². The van der Waals surface area contributed by atoms with Crippen LogP contribution >= 0.6 is 0 Å². The van der Waals surface area contributed by atoms with E-state index in [0.29, 0.717) is 0 Å². The summed E-state index contributed by atoms with van der Waals surface area (Å²) in [5.41, 5.74) is 3.15. The quantitative estimate of drug-likeness (QED) is 0.464. The number of likely N-dealkylation sites (N-methyl/N-ethyl adjacent to an activating group) is 1. The maximum atomic E-state index is 10.7.